The molecule has 0 aromatic carbocycles. The van der Waals surface area contributed by atoms with Gasteiger partial charge in [-0.15, -0.1) is 0 Å². The van der Waals surface area contributed by atoms with Crippen LogP contribution in [0.2, 0.25) is 25.7 Å². The molecule has 0 unspecified atom stereocenters. The molecule has 0 amide bonds. The molecule has 0 saturated heterocycles. The second-order valence-corrected chi connectivity index (χ2v) is 14.9. The van der Waals surface area contributed by atoms with E-state index in [0.29, 0.717) is 12.0 Å². The lowest BCUT2D eigenvalue weighted by atomic mass is 9.45. The summed E-state index contributed by atoms with van der Waals surface area (Å²) in [6.45, 7) is 14.3. The Hall–Kier alpha value is -0.573. The van der Waals surface area contributed by atoms with Crippen LogP contribution in [0.25, 0.3) is 0 Å². The molecular weight excluding hydrogens is 288 g/mol. The maximum atomic E-state index is 12.0. The minimum absolute atomic E-state index is 0.111. The first-order chi connectivity index (χ1) is 10.1. The fourth-order valence-electron chi connectivity index (χ4n) is 4.22. The average molecular weight is 323 g/mol. The van der Waals surface area contributed by atoms with Crippen molar-refractivity contribution in [2.75, 3.05) is 6.61 Å². The number of fused-ring (bicyclic) bond motifs is 2. The van der Waals surface area contributed by atoms with Crippen LogP contribution < -0.4 is 0 Å². The molecule has 0 N–H and O–H groups in total. The molecule has 0 aromatic rings. The van der Waals surface area contributed by atoms with Crippen molar-refractivity contribution in [2.24, 2.45) is 23.2 Å². The Morgan fingerprint density at radius 1 is 1.27 bits per heavy atom. The Bertz CT molecular complexity index is 443. The zero-order valence-electron chi connectivity index (χ0n) is 15.4. The van der Waals surface area contributed by atoms with Gasteiger partial charge in [-0.05, 0) is 61.8 Å². The van der Waals surface area contributed by atoms with Crippen molar-refractivity contribution in [1.29, 1.82) is 0 Å². The molecule has 126 valence electrons. The van der Waals surface area contributed by atoms with Crippen LogP contribution in [-0.4, -0.2) is 20.7 Å². The van der Waals surface area contributed by atoms with E-state index >= 15 is 0 Å². The molecule has 22 heavy (non-hydrogen) atoms. The monoisotopic (exact) mass is 322 g/mol. The number of esters is 1. The van der Waals surface area contributed by atoms with E-state index in [1.807, 2.05) is 6.92 Å². The summed E-state index contributed by atoms with van der Waals surface area (Å²) in [7, 11) is -1.12. The molecule has 3 saturated carbocycles. The second kappa shape index (κ2) is 6.50. The Labute approximate surface area is 137 Å². The first-order valence-corrected chi connectivity index (χ1v) is 12.7. The fraction of sp³-hybridized carbons (Fsp3) is 0.842. The Kier molecular flexibility index (Phi) is 5.26. The quantitative estimate of drug-likeness (QED) is 0.378. The number of ether oxygens (including phenoxy) is 1. The molecular formula is C19H34O2Si. The highest BCUT2D eigenvalue weighted by atomic mass is 28.3. The summed E-state index contributed by atoms with van der Waals surface area (Å²) in [6, 6.07) is 1.05. The van der Waals surface area contributed by atoms with Crippen molar-refractivity contribution < 1.29 is 9.53 Å². The van der Waals surface area contributed by atoms with Crippen LogP contribution >= 0.6 is 0 Å². The van der Waals surface area contributed by atoms with Crippen molar-refractivity contribution in [2.45, 2.75) is 72.1 Å². The predicted octanol–water partition coefficient (Wildman–Crippen LogP) is 5.28. The van der Waals surface area contributed by atoms with Crippen molar-refractivity contribution in [3.63, 3.8) is 0 Å². The minimum Gasteiger partial charge on any atom is -0.463 e. The third-order valence-corrected chi connectivity index (χ3v) is 7.84. The maximum Gasteiger partial charge on any atom is 0.333 e. The second-order valence-electron chi connectivity index (χ2n) is 9.27. The predicted molar refractivity (Wildman–Crippen MR) is 95.6 cm³/mol. The molecule has 3 rings (SSSR count). The molecule has 3 atom stereocenters. The van der Waals surface area contributed by atoms with Gasteiger partial charge in [0.1, 0.15) is 0 Å². The van der Waals surface area contributed by atoms with Gasteiger partial charge in [-0.25, -0.2) is 4.79 Å². The minimum atomic E-state index is -1.12. The van der Waals surface area contributed by atoms with Crippen LogP contribution in [0.3, 0.4) is 0 Å². The fourth-order valence-corrected chi connectivity index (χ4v) is 4.93. The first-order valence-electron chi connectivity index (χ1n) is 8.95. The largest absolute Gasteiger partial charge is 0.463 e. The third-order valence-electron chi connectivity index (χ3n) is 6.14. The van der Waals surface area contributed by atoms with Gasteiger partial charge >= 0.3 is 5.97 Å². The van der Waals surface area contributed by atoms with E-state index < -0.39 is 8.07 Å². The molecule has 3 aliphatic carbocycles. The SMILES string of the molecule is C/C(=C\C[C@H]1CC[C@H]2C[C@@H]1C2(C)C)C(=O)OCC[Si](C)(C)C. The van der Waals surface area contributed by atoms with Crippen LogP contribution in [0.4, 0.5) is 0 Å². The van der Waals surface area contributed by atoms with Gasteiger partial charge in [0.15, 0.2) is 0 Å². The van der Waals surface area contributed by atoms with Gasteiger partial charge in [0.25, 0.3) is 0 Å². The van der Waals surface area contributed by atoms with E-state index in [0.717, 1.165) is 35.8 Å². The Morgan fingerprint density at radius 3 is 2.50 bits per heavy atom. The first kappa shape index (κ1) is 17.8. The molecule has 2 bridgehead atoms. The standard InChI is InChI=1S/C19H34O2Si/c1-14(18(20)21-11-12-22(4,5)6)7-8-15-9-10-16-13-17(15)19(16,2)3/h7,15-17H,8-13H2,1-6H3/b14-7+/t15-,16-,17-/m0/s1. The summed E-state index contributed by atoms with van der Waals surface area (Å²) >= 11 is 0. The van der Waals surface area contributed by atoms with Crippen molar-refractivity contribution in [3.8, 4) is 0 Å². The van der Waals surface area contributed by atoms with E-state index in [1.54, 1.807) is 0 Å². The van der Waals surface area contributed by atoms with Gasteiger partial charge in [-0.1, -0.05) is 39.6 Å². The summed E-state index contributed by atoms with van der Waals surface area (Å²) in [5.74, 6) is 2.47. The smallest absolute Gasteiger partial charge is 0.333 e. The van der Waals surface area contributed by atoms with Crippen LogP contribution in [-0.2, 0) is 9.53 Å². The highest BCUT2D eigenvalue weighted by Crippen LogP contribution is 2.62. The number of hydrogen-bond acceptors (Lipinski definition) is 2. The molecule has 0 aliphatic heterocycles. The number of rotatable bonds is 6. The highest BCUT2D eigenvalue weighted by Gasteiger charge is 2.53. The number of carbonyl (C=O) groups excluding carboxylic acids is 1. The van der Waals surface area contributed by atoms with Crippen LogP contribution in [0.15, 0.2) is 11.6 Å². The van der Waals surface area contributed by atoms with Crippen molar-refractivity contribution in [3.05, 3.63) is 11.6 Å². The molecule has 3 heteroatoms. The van der Waals surface area contributed by atoms with Crippen LogP contribution in [0.1, 0.15) is 46.5 Å². The molecule has 2 nitrogen and oxygen atoms in total. The van der Waals surface area contributed by atoms with Crippen LogP contribution in [0.5, 0.6) is 0 Å². The highest BCUT2D eigenvalue weighted by molar-refractivity contribution is 6.76. The van der Waals surface area contributed by atoms with E-state index in [2.05, 4.69) is 39.6 Å². The summed E-state index contributed by atoms with van der Waals surface area (Å²) in [4.78, 5) is 12.0. The van der Waals surface area contributed by atoms with Crippen molar-refractivity contribution >= 4 is 14.0 Å². The normalized spacial score (nSPS) is 30.6. The number of allylic oxidation sites excluding steroid dienone is 1. The van der Waals surface area contributed by atoms with E-state index in [9.17, 15) is 4.79 Å². The summed E-state index contributed by atoms with van der Waals surface area (Å²) < 4.78 is 5.42. The zero-order valence-corrected chi connectivity index (χ0v) is 16.4. The number of carbonyl (C=O) groups is 1. The summed E-state index contributed by atoms with van der Waals surface area (Å²) in [5, 5.41) is 0. The van der Waals surface area contributed by atoms with Gasteiger partial charge < -0.3 is 4.74 Å². The van der Waals surface area contributed by atoms with Gasteiger partial charge in [-0.3, -0.25) is 0 Å². The van der Waals surface area contributed by atoms with Gasteiger partial charge in [0, 0.05) is 13.6 Å². The van der Waals surface area contributed by atoms with Crippen molar-refractivity contribution in [1.82, 2.24) is 0 Å². The Balaban J connectivity index is 1.79. The molecule has 0 aromatic heterocycles. The summed E-state index contributed by atoms with van der Waals surface area (Å²) in [5.41, 5.74) is 1.33. The molecule has 3 aliphatic rings. The molecule has 3 fully saturated rings. The lowest BCUT2D eigenvalue weighted by Crippen LogP contribution is -2.52. The number of hydrogen-bond donors (Lipinski definition) is 0. The topological polar surface area (TPSA) is 26.3 Å². The summed E-state index contributed by atoms with van der Waals surface area (Å²) in [6.07, 6.45) is 7.31. The van der Waals surface area contributed by atoms with Gasteiger partial charge in [0.2, 0.25) is 0 Å². The Morgan fingerprint density at radius 2 is 1.95 bits per heavy atom. The third kappa shape index (κ3) is 4.04. The lowest BCUT2D eigenvalue weighted by molar-refractivity contribution is -0.138. The zero-order chi connectivity index (χ0) is 16.5. The maximum absolute atomic E-state index is 12.0. The average Bonchev–Trinajstić information content (AvgIpc) is 2.43. The molecule has 0 radical (unpaired) electrons. The van der Waals surface area contributed by atoms with Crippen LogP contribution in [0, 0.1) is 23.2 Å². The van der Waals surface area contributed by atoms with E-state index in [4.69, 9.17) is 4.74 Å². The van der Waals surface area contributed by atoms with E-state index in [-0.39, 0.29) is 5.97 Å². The molecule has 0 spiro atoms. The van der Waals surface area contributed by atoms with Gasteiger partial charge in [-0.2, -0.15) is 0 Å². The van der Waals surface area contributed by atoms with Gasteiger partial charge in [0.05, 0.1) is 6.61 Å². The molecule has 0 heterocycles. The van der Waals surface area contributed by atoms with E-state index in [1.165, 1.54) is 19.3 Å². The lowest BCUT2D eigenvalue weighted by Gasteiger charge is -2.60.